The molecule has 1 aromatic rings. The molecule has 64 valence electrons. The van der Waals surface area contributed by atoms with Crippen LogP contribution in [0, 0.1) is 13.8 Å². The Balaban J connectivity index is 0. The molecule has 1 aromatic carbocycles. The minimum Gasteiger partial charge on any atom is -0.860 e. The molecule has 0 bridgehead atoms. The van der Waals surface area contributed by atoms with Crippen LogP contribution in [-0.4, -0.2) is 7.32 Å². The van der Waals surface area contributed by atoms with Crippen molar-refractivity contribution in [1.82, 2.24) is 0 Å². The fourth-order valence-corrected chi connectivity index (χ4v) is 1.11. The van der Waals surface area contributed by atoms with Crippen molar-refractivity contribution in [2.75, 3.05) is 0 Å². The van der Waals surface area contributed by atoms with Crippen molar-refractivity contribution < 1.29 is 117 Å². The molecule has 3 nitrogen and oxygen atoms in total. The van der Waals surface area contributed by atoms with Gasteiger partial charge in [-0.2, -0.15) is 0 Å². The van der Waals surface area contributed by atoms with Gasteiger partial charge in [0.25, 0.3) is 0 Å². The molecule has 0 saturated heterocycles. The number of hydrogen-bond acceptors (Lipinski definition) is 3. The van der Waals surface area contributed by atoms with Crippen LogP contribution >= 0.6 is 0 Å². The van der Waals surface area contributed by atoms with Gasteiger partial charge in [-0.15, -0.1) is 0 Å². The van der Waals surface area contributed by atoms with Crippen molar-refractivity contribution in [2.45, 2.75) is 13.8 Å². The fourth-order valence-electron chi connectivity index (χ4n) is 1.11. The van der Waals surface area contributed by atoms with E-state index in [4.69, 9.17) is 0 Å². The molecule has 0 amide bonds. The zero-order valence-corrected chi connectivity index (χ0v) is 15.3. The Bertz CT molecular complexity index is 261. The van der Waals surface area contributed by atoms with E-state index in [1.54, 1.807) is 12.1 Å². The molecular weight excluding hydrogens is 233 g/mol. The largest absolute Gasteiger partial charge is 1.00 e. The average molecular weight is 242 g/mol. The maximum absolute atomic E-state index is 10.1. The second-order valence-corrected chi connectivity index (χ2v) is 2.73. The summed E-state index contributed by atoms with van der Waals surface area (Å²) in [5.41, 5.74) is 1.95. The van der Waals surface area contributed by atoms with Crippen molar-refractivity contribution in [3.63, 3.8) is 0 Å². The van der Waals surface area contributed by atoms with Crippen molar-refractivity contribution in [3.8, 4) is 5.75 Å². The summed E-state index contributed by atoms with van der Waals surface area (Å²) in [5, 5.41) is 20.3. The molecule has 0 aliphatic heterocycles. The quantitative estimate of drug-likeness (QED) is 0.484. The molecule has 0 fully saturated rings. The summed E-state index contributed by atoms with van der Waals surface area (Å²) in [5.74, 6) is 0.350. The first-order valence-corrected chi connectivity index (χ1v) is 3.64. The van der Waals surface area contributed by atoms with Crippen molar-refractivity contribution >= 4 is 7.32 Å². The first kappa shape index (κ1) is 18.6. The van der Waals surface area contributed by atoms with Gasteiger partial charge < -0.3 is 14.7 Å². The molecule has 0 saturated carbocycles. The first-order valence-electron chi connectivity index (χ1n) is 3.64. The zero-order chi connectivity index (χ0) is 9.14. The van der Waals surface area contributed by atoms with Gasteiger partial charge in [0.1, 0.15) is 7.32 Å². The number of hydrogen-bond donors (Lipinski definition) is 0. The summed E-state index contributed by atoms with van der Waals surface area (Å²) in [6.45, 7) is 3.76. The second-order valence-electron chi connectivity index (χ2n) is 2.73. The SMILES string of the molecule is Cc1cc(C)cc(OB([O-])[O-])c1.[K+].[K+]. The standard InChI is InChI=1S/C8H9BO3.2K/c1-6-3-7(2)5-8(4-6)12-9(10)11;;/h3-5H,1-2H3;;/q-2;2*+1. The van der Waals surface area contributed by atoms with Crippen LogP contribution in [0.4, 0.5) is 0 Å². The molecular formula is C8H9BK2O3. The van der Waals surface area contributed by atoms with Crippen LogP contribution in [0.3, 0.4) is 0 Å². The predicted octanol–water partition coefficient (Wildman–Crippen LogP) is -6.60. The summed E-state index contributed by atoms with van der Waals surface area (Å²) in [7, 11) is -2.24. The van der Waals surface area contributed by atoms with E-state index in [1.807, 2.05) is 19.9 Å². The van der Waals surface area contributed by atoms with Crippen LogP contribution in [0.5, 0.6) is 5.75 Å². The van der Waals surface area contributed by atoms with Crippen LogP contribution in [0.1, 0.15) is 11.1 Å². The van der Waals surface area contributed by atoms with Gasteiger partial charge in [0.2, 0.25) is 0 Å². The first-order chi connectivity index (χ1) is 5.58. The van der Waals surface area contributed by atoms with Gasteiger partial charge in [-0.05, 0) is 37.1 Å². The number of aryl methyl sites for hydroxylation is 2. The maximum atomic E-state index is 10.1. The number of benzene rings is 1. The molecule has 0 spiro atoms. The van der Waals surface area contributed by atoms with E-state index in [9.17, 15) is 10.0 Å². The van der Waals surface area contributed by atoms with E-state index < -0.39 is 7.32 Å². The minimum atomic E-state index is -2.24. The molecule has 0 aliphatic carbocycles. The monoisotopic (exact) mass is 242 g/mol. The topological polar surface area (TPSA) is 55.3 Å². The molecule has 0 heterocycles. The van der Waals surface area contributed by atoms with Gasteiger partial charge in [0, 0.05) is 0 Å². The molecule has 14 heavy (non-hydrogen) atoms. The zero-order valence-electron chi connectivity index (χ0n) is 9.03. The van der Waals surface area contributed by atoms with Crippen LogP contribution in [0.15, 0.2) is 18.2 Å². The van der Waals surface area contributed by atoms with Crippen molar-refractivity contribution in [1.29, 1.82) is 0 Å². The molecule has 0 radical (unpaired) electrons. The van der Waals surface area contributed by atoms with E-state index in [2.05, 4.69) is 4.65 Å². The molecule has 0 atom stereocenters. The van der Waals surface area contributed by atoms with Gasteiger partial charge in [-0.1, -0.05) is 6.07 Å². The number of rotatable bonds is 2. The normalized spacial score (nSPS) is 8.29. The fraction of sp³-hybridized carbons (Fsp3) is 0.250. The molecule has 1 rings (SSSR count). The Morgan fingerprint density at radius 3 is 1.79 bits per heavy atom. The third kappa shape index (κ3) is 7.53. The Morgan fingerprint density at radius 2 is 1.43 bits per heavy atom. The summed E-state index contributed by atoms with van der Waals surface area (Å²) >= 11 is 0. The van der Waals surface area contributed by atoms with Gasteiger partial charge in [-0.25, -0.2) is 0 Å². The third-order valence-electron chi connectivity index (χ3n) is 1.43. The van der Waals surface area contributed by atoms with E-state index in [-0.39, 0.29) is 103 Å². The third-order valence-corrected chi connectivity index (χ3v) is 1.43. The van der Waals surface area contributed by atoms with Gasteiger partial charge in [-0.3, -0.25) is 0 Å². The molecule has 6 heteroatoms. The average Bonchev–Trinajstić information content (AvgIpc) is 1.81. The molecule has 0 N–H and O–H groups in total. The Kier molecular flexibility index (Phi) is 12.4. The molecule has 0 aliphatic rings. The van der Waals surface area contributed by atoms with Crippen molar-refractivity contribution in [2.24, 2.45) is 0 Å². The maximum Gasteiger partial charge on any atom is 1.00 e. The molecule has 0 unspecified atom stereocenters. The summed E-state index contributed by atoms with van der Waals surface area (Å²) in [6, 6.07) is 5.27. The predicted molar refractivity (Wildman–Crippen MR) is 42.3 cm³/mol. The van der Waals surface area contributed by atoms with Crippen LogP contribution in [-0.2, 0) is 0 Å². The Morgan fingerprint density at radius 1 is 1.00 bits per heavy atom. The minimum absolute atomic E-state index is 0. The van der Waals surface area contributed by atoms with Crippen LogP contribution in [0.25, 0.3) is 0 Å². The summed E-state index contributed by atoms with van der Waals surface area (Å²) in [6.07, 6.45) is 0. The Labute approximate surface area is 170 Å². The van der Waals surface area contributed by atoms with Crippen LogP contribution < -0.4 is 117 Å². The second kappa shape index (κ2) is 9.32. The van der Waals surface area contributed by atoms with Crippen LogP contribution in [0.2, 0.25) is 0 Å². The van der Waals surface area contributed by atoms with Gasteiger partial charge in [0.05, 0.1) is 5.75 Å². The van der Waals surface area contributed by atoms with Crippen molar-refractivity contribution in [3.05, 3.63) is 29.3 Å². The van der Waals surface area contributed by atoms with E-state index in [1.165, 1.54) is 0 Å². The van der Waals surface area contributed by atoms with E-state index in [0.29, 0.717) is 5.75 Å². The molecule has 0 aromatic heterocycles. The van der Waals surface area contributed by atoms with E-state index >= 15 is 0 Å². The Hall–Kier alpha value is 2.28. The van der Waals surface area contributed by atoms with E-state index in [0.717, 1.165) is 11.1 Å². The summed E-state index contributed by atoms with van der Waals surface area (Å²) in [4.78, 5) is 0. The van der Waals surface area contributed by atoms with Gasteiger partial charge >= 0.3 is 103 Å². The smallest absolute Gasteiger partial charge is 0.860 e. The summed E-state index contributed by atoms with van der Waals surface area (Å²) < 4.78 is 4.46. The van der Waals surface area contributed by atoms with Gasteiger partial charge in [0.15, 0.2) is 0 Å².